The average molecular weight is 357 g/mol. The van der Waals surface area contributed by atoms with Gasteiger partial charge in [-0.1, -0.05) is 6.07 Å². The van der Waals surface area contributed by atoms with E-state index < -0.39 is 10.0 Å². The lowest BCUT2D eigenvalue weighted by atomic mass is 10.3. The van der Waals surface area contributed by atoms with Gasteiger partial charge in [0, 0.05) is 23.3 Å². The number of nitrogen functional groups attached to an aromatic ring is 1. The fourth-order valence-electron chi connectivity index (χ4n) is 1.69. The highest BCUT2D eigenvalue weighted by molar-refractivity contribution is 9.10. The standard InChI is InChI=1S/C13H13BrN2O3S/c1-16(10-3-2-4-11(17)8-10)20(18,19)13-7-9(15)5-6-12(13)14/h2-8,17H,15H2,1H3. The van der Waals surface area contributed by atoms with Gasteiger partial charge in [0.1, 0.15) is 10.6 Å². The van der Waals surface area contributed by atoms with Crippen LogP contribution in [0.1, 0.15) is 0 Å². The minimum atomic E-state index is -3.77. The number of benzene rings is 2. The van der Waals surface area contributed by atoms with Crippen LogP contribution in [0.25, 0.3) is 0 Å². The van der Waals surface area contributed by atoms with Crippen LogP contribution in [0.15, 0.2) is 51.8 Å². The number of hydrogen-bond acceptors (Lipinski definition) is 4. The fraction of sp³-hybridized carbons (Fsp3) is 0.0769. The smallest absolute Gasteiger partial charge is 0.265 e. The predicted octanol–water partition coefficient (Wildman–Crippen LogP) is 2.56. The molecular weight excluding hydrogens is 344 g/mol. The molecule has 7 heteroatoms. The molecule has 20 heavy (non-hydrogen) atoms. The molecule has 2 rings (SSSR count). The Balaban J connectivity index is 2.52. The third kappa shape index (κ3) is 2.73. The van der Waals surface area contributed by atoms with Gasteiger partial charge in [-0.05, 0) is 46.3 Å². The maximum Gasteiger partial charge on any atom is 0.265 e. The summed E-state index contributed by atoms with van der Waals surface area (Å²) in [5.41, 5.74) is 6.36. The normalized spacial score (nSPS) is 11.3. The molecule has 2 aromatic carbocycles. The molecule has 5 nitrogen and oxygen atoms in total. The van der Waals surface area contributed by atoms with Gasteiger partial charge in [-0.25, -0.2) is 8.42 Å². The Hall–Kier alpha value is -1.73. The summed E-state index contributed by atoms with van der Waals surface area (Å²) in [6.45, 7) is 0. The molecule has 0 unspecified atom stereocenters. The second-order valence-electron chi connectivity index (χ2n) is 4.18. The first-order valence-corrected chi connectivity index (χ1v) is 7.88. The number of halogens is 1. The van der Waals surface area contributed by atoms with E-state index in [9.17, 15) is 13.5 Å². The van der Waals surface area contributed by atoms with Crippen molar-refractivity contribution in [1.82, 2.24) is 0 Å². The van der Waals surface area contributed by atoms with Gasteiger partial charge in [-0.2, -0.15) is 0 Å². The van der Waals surface area contributed by atoms with Gasteiger partial charge in [-0.3, -0.25) is 4.31 Å². The molecule has 0 amide bonds. The van der Waals surface area contributed by atoms with Crippen LogP contribution in [-0.2, 0) is 10.0 Å². The largest absolute Gasteiger partial charge is 0.508 e. The molecule has 0 saturated carbocycles. The van der Waals surface area contributed by atoms with Crippen molar-refractivity contribution in [2.45, 2.75) is 4.90 Å². The second-order valence-corrected chi connectivity index (χ2v) is 6.97. The molecule has 0 radical (unpaired) electrons. The summed E-state index contributed by atoms with van der Waals surface area (Å²) in [7, 11) is -2.35. The Morgan fingerprint density at radius 3 is 2.55 bits per heavy atom. The Bertz CT molecular complexity index is 747. The maximum absolute atomic E-state index is 12.6. The number of hydrogen-bond donors (Lipinski definition) is 2. The molecule has 0 spiro atoms. The molecule has 0 saturated heterocycles. The Morgan fingerprint density at radius 2 is 1.90 bits per heavy atom. The minimum absolute atomic E-state index is 0.00353. The lowest BCUT2D eigenvalue weighted by molar-refractivity contribution is 0.475. The molecule has 2 aromatic rings. The summed E-state index contributed by atoms with van der Waals surface area (Å²) in [4.78, 5) is 0.0725. The highest BCUT2D eigenvalue weighted by Crippen LogP contribution is 2.30. The van der Waals surface area contributed by atoms with Crippen molar-refractivity contribution in [2.24, 2.45) is 0 Å². The molecule has 0 aliphatic carbocycles. The number of rotatable bonds is 3. The number of aromatic hydroxyl groups is 1. The third-order valence-electron chi connectivity index (χ3n) is 2.79. The summed E-state index contributed by atoms with van der Waals surface area (Å²) >= 11 is 3.21. The number of phenols is 1. The van der Waals surface area contributed by atoms with E-state index in [1.807, 2.05) is 0 Å². The summed E-state index contributed by atoms with van der Waals surface area (Å²) in [5, 5.41) is 9.45. The van der Waals surface area contributed by atoms with Gasteiger partial charge in [0.2, 0.25) is 0 Å². The van der Waals surface area contributed by atoms with Crippen molar-refractivity contribution in [2.75, 3.05) is 17.1 Å². The average Bonchev–Trinajstić information content (AvgIpc) is 2.40. The second kappa shape index (κ2) is 5.34. The quantitative estimate of drug-likeness (QED) is 0.827. The number of nitrogens with zero attached hydrogens (tertiary/aromatic N) is 1. The van der Waals surface area contributed by atoms with Gasteiger partial charge in [0.15, 0.2) is 0 Å². The van der Waals surface area contributed by atoms with Crippen LogP contribution in [0.3, 0.4) is 0 Å². The van der Waals surface area contributed by atoms with Crippen LogP contribution in [0.2, 0.25) is 0 Å². The summed E-state index contributed by atoms with van der Waals surface area (Å²) in [5.74, 6) is -0.00353. The van der Waals surface area contributed by atoms with Crippen molar-refractivity contribution in [1.29, 1.82) is 0 Å². The zero-order valence-corrected chi connectivity index (χ0v) is 13.0. The molecular formula is C13H13BrN2O3S. The molecule has 0 fully saturated rings. The van der Waals surface area contributed by atoms with Crippen molar-refractivity contribution in [3.05, 3.63) is 46.9 Å². The van der Waals surface area contributed by atoms with Gasteiger partial charge in [-0.15, -0.1) is 0 Å². The van der Waals surface area contributed by atoms with Gasteiger partial charge < -0.3 is 10.8 Å². The van der Waals surface area contributed by atoms with E-state index in [1.54, 1.807) is 24.3 Å². The summed E-state index contributed by atoms with van der Waals surface area (Å²) in [6.07, 6.45) is 0. The lowest BCUT2D eigenvalue weighted by Gasteiger charge is -2.20. The van der Waals surface area contributed by atoms with Crippen molar-refractivity contribution in [3.63, 3.8) is 0 Å². The lowest BCUT2D eigenvalue weighted by Crippen LogP contribution is -2.26. The number of phenolic OH excluding ortho intramolecular Hbond substituents is 1. The predicted molar refractivity (Wildman–Crippen MR) is 82.3 cm³/mol. The maximum atomic E-state index is 12.6. The Morgan fingerprint density at radius 1 is 1.20 bits per heavy atom. The summed E-state index contributed by atoms with van der Waals surface area (Å²) < 4.78 is 26.7. The molecule has 0 bridgehead atoms. The highest BCUT2D eigenvalue weighted by atomic mass is 79.9. The van der Waals surface area contributed by atoms with Crippen LogP contribution in [-0.4, -0.2) is 20.6 Å². The molecule has 0 aliphatic heterocycles. The molecule has 0 heterocycles. The van der Waals surface area contributed by atoms with E-state index in [4.69, 9.17) is 5.73 Å². The first kappa shape index (κ1) is 14.7. The van der Waals surface area contributed by atoms with Crippen LogP contribution < -0.4 is 10.0 Å². The number of anilines is 2. The third-order valence-corrected chi connectivity index (χ3v) is 5.57. The van der Waals surface area contributed by atoms with Crippen LogP contribution in [0, 0.1) is 0 Å². The Kier molecular flexibility index (Phi) is 3.92. The first-order chi connectivity index (χ1) is 9.32. The number of nitrogens with two attached hydrogens (primary N) is 1. The molecule has 3 N–H and O–H groups in total. The van der Waals surface area contributed by atoms with E-state index in [-0.39, 0.29) is 10.6 Å². The Labute approximate surface area is 125 Å². The van der Waals surface area contributed by atoms with E-state index in [0.717, 1.165) is 4.31 Å². The fourth-order valence-corrected chi connectivity index (χ4v) is 3.84. The van der Waals surface area contributed by atoms with Crippen LogP contribution in [0.4, 0.5) is 11.4 Å². The van der Waals surface area contributed by atoms with Crippen molar-refractivity contribution in [3.8, 4) is 5.75 Å². The monoisotopic (exact) mass is 356 g/mol. The van der Waals surface area contributed by atoms with E-state index in [0.29, 0.717) is 15.8 Å². The first-order valence-electron chi connectivity index (χ1n) is 5.65. The topological polar surface area (TPSA) is 83.6 Å². The molecule has 0 aromatic heterocycles. The minimum Gasteiger partial charge on any atom is -0.508 e. The number of sulfonamides is 1. The zero-order valence-electron chi connectivity index (χ0n) is 10.6. The van der Waals surface area contributed by atoms with Gasteiger partial charge in [0.25, 0.3) is 10.0 Å². The van der Waals surface area contributed by atoms with E-state index in [1.165, 1.54) is 25.2 Å². The zero-order chi connectivity index (χ0) is 14.9. The highest BCUT2D eigenvalue weighted by Gasteiger charge is 2.24. The molecule has 0 atom stereocenters. The van der Waals surface area contributed by atoms with E-state index in [2.05, 4.69) is 15.9 Å². The van der Waals surface area contributed by atoms with Crippen LogP contribution in [0.5, 0.6) is 5.75 Å². The van der Waals surface area contributed by atoms with Gasteiger partial charge in [0.05, 0.1) is 5.69 Å². The van der Waals surface area contributed by atoms with Gasteiger partial charge >= 0.3 is 0 Å². The summed E-state index contributed by atoms with van der Waals surface area (Å²) in [6, 6.07) is 10.6. The van der Waals surface area contributed by atoms with Crippen molar-refractivity contribution >= 4 is 37.3 Å². The SMILES string of the molecule is CN(c1cccc(O)c1)S(=O)(=O)c1cc(N)ccc1Br. The molecule has 106 valence electrons. The van der Waals surface area contributed by atoms with Crippen LogP contribution >= 0.6 is 15.9 Å². The molecule has 0 aliphatic rings. The van der Waals surface area contributed by atoms with Crippen molar-refractivity contribution < 1.29 is 13.5 Å². The van der Waals surface area contributed by atoms with E-state index >= 15 is 0 Å².